The number of hydrogen-bond acceptors (Lipinski definition) is 6. The first-order chi connectivity index (χ1) is 11.6. The number of aryl methyl sites for hydroxylation is 1. The van der Waals surface area contributed by atoms with Gasteiger partial charge in [-0.05, 0) is 17.9 Å². The number of ether oxygens (including phenoxy) is 1. The first-order valence-electron chi connectivity index (χ1n) is 8.02. The number of hydrogen-bond donors (Lipinski definition) is 2. The Hall–Kier alpha value is -1.91. The molecule has 0 unspecified atom stereocenters. The van der Waals surface area contributed by atoms with Gasteiger partial charge in [-0.3, -0.25) is 0 Å². The van der Waals surface area contributed by atoms with E-state index in [2.05, 4.69) is 19.7 Å². The molecule has 1 aliphatic rings. The lowest BCUT2D eigenvalue weighted by Gasteiger charge is -2.48. The second-order valence-corrected chi connectivity index (χ2v) is 8.55. The maximum atomic E-state index is 11.1. The number of aromatic nitrogens is 3. The lowest BCUT2D eigenvalue weighted by atomic mass is 9.74. The summed E-state index contributed by atoms with van der Waals surface area (Å²) in [5.74, 6) is 1.86. The highest BCUT2D eigenvalue weighted by Crippen LogP contribution is 2.38. The summed E-state index contributed by atoms with van der Waals surface area (Å²) in [6.45, 7) is 7.96. The van der Waals surface area contributed by atoms with Crippen molar-refractivity contribution in [3.8, 4) is 5.88 Å². The predicted molar refractivity (Wildman–Crippen MR) is 94.9 cm³/mol. The number of anilines is 1. The minimum Gasteiger partial charge on any atom is -0.481 e. The van der Waals surface area contributed by atoms with Crippen LogP contribution in [0.25, 0.3) is 5.52 Å². The van der Waals surface area contributed by atoms with Crippen molar-refractivity contribution in [1.29, 1.82) is 0 Å². The molecule has 0 amide bonds. The van der Waals surface area contributed by atoms with Gasteiger partial charge in [0.05, 0.1) is 7.11 Å². The summed E-state index contributed by atoms with van der Waals surface area (Å²) < 4.78 is 31.8. The van der Waals surface area contributed by atoms with Crippen LogP contribution in [0.3, 0.4) is 0 Å². The molecule has 3 N–H and O–H groups in total. The van der Waals surface area contributed by atoms with Gasteiger partial charge in [0.2, 0.25) is 5.88 Å². The molecule has 0 atom stereocenters. The van der Waals surface area contributed by atoms with Crippen molar-refractivity contribution in [2.45, 2.75) is 20.8 Å². The molecule has 2 aromatic heterocycles. The van der Waals surface area contributed by atoms with Crippen LogP contribution in [0.15, 0.2) is 12.4 Å². The Balaban J connectivity index is 1.77. The molecule has 3 rings (SSSR count). The van der Waals surface area contributed by atoms with Crippen LogP contribution in [0.5, 0.6) is 5.88 Å². The van der Waals surface area contributed by atoms with E-state index in [0.717, 1.165) is 30.0 Å². The Morgan fingerprint density at radius 2 is 2.12 bits per heavy atom. The number of nitrogens with one attached hydrogen (secondary N) is 1. The summed E-state index contributed by atoms with van der Waals surface area (Å²) >= 11 is 0. The predicted octanol–water partition coefficient (Wildman–Crippen LogP) is 0.302. The smallest absolute Gasteiger partial charge is 0.274 e. The molecule has 0 radical (unpaired) electrons. The molecule has 1 saturated heterocycles. The van der Waals surface area contributed by atoms with Gasteiger partial charge < -0.3 is 9.64 Å². The fraction of sp³-hybridized carbons (Fsp3) is 0.600. The quantitative estimate of drug-likeness (QED) is 0.758. The molecule has 0 bridgehead atoms. The Morgan fingerprint density at radius 1 is 1.44 bits per heavy atom. The molecule has 1 fully saturated rings. The Bertz CT molecular complexity index is 886. The third-order valence-electron chi connectivity index (χ3n) is 4.92. The van der Waals surface area contributed by atoms with Gasteiger partial charge in [0.15, 0.2) is 5.82 Å². The molecular weight excluding hydrogens is 344 g/mol. The average Bonchev–Trinajstić information content (AvgIpc) is 2.80. The van der Waals surface area contributed by atoms with Crippen LogP contribution in [0.4, 0.5) is 5.82 Å². The first-order valence-corrected chi connectivity index (χ1v) is 9.56. The highest BCUT2D eigenvalue weighted by molar-refractivity contribution is 7.87. The first kappa shape index (κ1) is 17.9. The van der Waals surface area contributed by atoms with Crippen molar-refractivity contribution >= 4 is 21.5 Å². The van der Waals surface area contributed by atoms with Gasteiger partial charge in [-0.1, -0.05) is 13.8 Å². The van der Waals surface area contributed by atoms with Gasteiger partial charge >= 0.3 is 0 Å². The molecule has 9 nitrogen and oxygen atoms in total. The average molecular weight is 368 g/mol. The zero-order valence-corrected chi connectivity index (χ0v) is 15.7. The van der Waals surface area contributed by atoms with Gasteiger partial charge in [-0.25, -0.2) is 14.8 Å². The Labute approximate surface area is 147 Å². The lowest BCUT2D eigenvalue weighted by molar-refractivity contribution is 0.174. The fourth-order valence-electron chi connectivity index (χ4n) is 3.12. The highest BCUT2D eigenvalue weighted by atomic mass is 32.2. The summed E-state index contributed by atoms with van der Waals surface area (Å²) in [4.78, 5) is 6.62. The summed E-state index contributed by atoms with van der Waals surface area (Å²) in [6, 6.07) is 1.94. The number of nitrogens with zero attached hydrogens (tertiary/aromatic N) is 4. The van der Waals surface area contributed by atoms with Crippen molar-refractivity contribution in [2.75, 3.05) is 31.6 Å². The molecule has 0 spiro atoms. The van der Waals surface area contributed by atoms with Crippen molar-refractivity contribution in [2.24, 2.45) is 16.5 Å². The van der Waals surface area contributed by atoms with E-state index in [1.165, 1.54) is 6.33 Å². The van der Waals surface area contributed by atoms with Gasteiger partial charge in [-0.15, -0.1) is 0 Å². The zero-order chi connectivity index (χ0) is 18.4. The van der Waals surface area contributed by atoms with Gasteiger partial charge in [-0.2, -0.15) is 18.0 Å². The highest BCUT2D eigenvalue weighted by Gasteiger charge is 2.40. The minimum absolute atomic E-state index is 0.207. The lowest BCUT2D eigenvalue weighted by Crippen LogP contribution is -2.56. The second kappa shape index (κ2) is 6.11. The molecule has 1 aliphatic heterocycles. The monoisotopic (exact) mass is 368 g/mol. The second-order valence-electron chi connectivity index (χ2n) is 7.17. The van der Waals surface area contributed by atoms with Crippen LogP contribution >= 0.6 is 0 Å². The molecule has 25 heavy (non-hydrogen) atoms. The number of fused-ring (bicyclic) bond motifs is 1. The van der Waals surface area contributed by atoms with E-state index >= 15 is 0 Å². The van der Waals surface area contributed by atoms with E-state index in [4.69, 9.17) is 9.88 Å². The van der Waals surface area contributed by atoms with E-state index in [-0.39, 0.29) is 5.41 Å². The van der Waals surface area contributed by atoms with Crippen molar-refractivity contribution < 1.29 is 13.2 Å². The van der Waals surface area contributed by atoms with Crippen LogP contribution in [-0.4, -0.2) is 49.8 Å². The molecule has 0 aromatic carbocycles. The molecule has 138 valence electrons. The van der Waals surface area contributed by atoms with Gasteiger partial charge in [0.25, 0.3) is 10.2 Å². The van der Waals surface area contributed by atoms with E-state index in [9.17, 15) is 8.42 Å². The normalized spacial score (nSPS) is 16.3. The minimum atomic E-state index is -3.68. The number of rotatable bonds is 6. The van der Waals surface area contributed by atoms with Crippen molar-refractivity contribution in [3.05, 3.63) is 18.0 Å². The van der Waals surface area contributed by atoms with Crippen LogP contribution in [0, 0.1) is 18.3 Å². The van der Waals surface area contributed by atoms with E-state index in [0.29, 0.717) is 18.3 Å². The molecule has 3 heterocycles. The SMILES string of the molecule is COc1cc(C)c2c(N3CC(C(C)(C)CNS(N)(=O)=O)C3)ncnn12. The van der Waals surface area contributed by atoms with E-state index < -0.39 is 10.2 Å². The summed E-state index contributed by atoms with van der Waals surface area (Å²) in [5, 5.41) is 9.30. The zero-order valence-electron chi connectivity index (χ0n) is 14.9. The fourth-order valence-corrected chi connectivity index (χ4v) is 3.70. The maximum absolute atomic E-state index is 11.1. The van der Waals surface area contributed by atoms with Crippen LogP contribution in [0.1, 0.15) is 19.4 Å². The van der Waals surface area contributed by atoms with E-state index in [1.54, 1.807) is 11.6 Å². The third-order valence-corrected chi connectivity index (χ3v) is 5.46. The molecular formula is C15H24N6O3S. The van der Waals surface area contributed by atoms with E-state index in [1.807, 2.05) is 26.8 Å². The van der Waals surface area contributed by atoms with Crippen molar-refractivity contribution in [3.63, 3.8) is 0 Å². The number of nitrogens with two attached hydrogens (primary N) is 1. The maximum Gasteiger partial charge on any atom is 0.274 e. The van der Waals surface area contributed by atoms with Gasteiger partial charge in [0, 0.05) is 31.6 Å². The third kappa shape index (κ3) is 3.42. The largest absolute Gasteiger partial charge is 0.481 e. The Kier molecular flexibility index (Phi) is 4.38. The van der Waals surface area contributed by atoms with Gasteiger partial charge in [0.1, 0.15) is 11.8 Å². The Morgan fingerprint density at radius 3 is 2.72 bits per heavy atom. The molecule has 0 aliphatic carbocycles. The topological polar surface area (TPSA) is 115 Å². The summed E-state index contributed by atoms with van der Waals surface area (Å²) in [7, 11) is -2.06. The van der Waals surface area contributed by atoms with Crippen LogP contribution in [0.2, 0.25) is 0 Å². The summed E-state index contributed by atoms with van der Waals surface area (Å²) in [5.41, 5.74) is 1.77. The molecule has 0 saturated carbocycles. The molecule has 10 heteroatoms. The number of methoxy groups -OCH3 is 1. The molecule has 2 aromatic rings. The van der Waals surface area contributed by atoms with Crippen molar-refractivity contribution in [1.82, 2.24) is 19.3 Å². The standard InChI is InChI=1S/C15H24N6O3S/c1-10-5-12(24-4)21-13(10)14(17-9-18-21)20-6-11(7-20)15(2,3)8-19-25(16,22)23/h5,9,11,19H,6-8H2,1-4H3,(H2,16,22,23). The van der Waals surface area contributed by atoms with Crippen LogP contribution < -0.4 is 19.5 Å². The van der Waals surface area contributed by atoms with Crippen LogP contribution in [-0.2, 0) is 10.2 Å². The summed E-state index contributed by atoms with van der Waals surface area (Å²) in [6.07, 6.45) is 1.52.